The number of benzene rings is 2. The Morgan fingerprint density at radius 3 is 2.90 bits per heavy atom. The summed E-state index contributed by atoms with van der Waals surface area (Å²) in [5.41, 5.74) is 9.90. The number of hydrogen-bond acceptors (Lipinski definition) is 6. The molecule has 4 rings (SSSR count). The van der Waals surface area contributed by atoms with E-state index in [-0.39, 0.29) is 0 Å². The van der Waals surface area contributed by atoms with Crippen LogP contribution in [0.2, 0.25) is 0 Å². The van der Waals surface area contributed by atoms with E-state index in [1.54, 1.807) is 6.07 Å². The quantitative estimate of drug-likeness (QED) is 0.450. The van der Waals surface area contributed by atoms with Crippen LogP contribution in [0.5, 0.6) is 5.75 Å². The molecule has 0 radical (unpaired) electrons. The summed E-state index contributed by atoms with van der Waals surface area (Å²) in [5.74, 6) is 1.23. The van der Waals surface area contributed by atoms with Crippen molar-refractivity contribution in [3.8, 4) is 5.75 Å². The molecule has 0 atom stereocenters. The number of hydrogen-bond donors (Lipinski definition) is 3. The lowest BCUT2D eigenvalue weighted by molar-refractivity contribution is 0.144. The van der Waals surface area contributed by atoms with Crippen LogP contribution in [0.1, 0.15) is 17.5 Å². The van der Waals surface area contributed by atoms with Gasteiger partial charge in [0.15, 0.2) is 0 Å². The van der Waals surface area contributed by atoms with Gasteiger partial charge in [-0.05, 0) is 42.2 Å². The first kappa shape index (κ1) is 19.0. The molecule has 0 saturated carbocycles. The van der Waals surface area contributed by atoms with Crippen LogP contribution in [0.15, 0.2) is 48.5 Å². The number of rotatable bonds is 5. The number of para-hydroxylation sites is 1. The van der Waals surface area contributed by atoms with Crippen molar-refractivity contribution in [2.45, 2.75) is 19.4 Å². The lowest BCUT2D eigenvalue weighted by Crippen LogP contribution is -2.24. The Bertz CT molecular complexity index is 1040. The van der Waals surface area contributed by atoms with Crippen molar-refractivity contribution in [3.63, 3.8) is 0 Å². The highest BCUT2D eigenvalue weighted by atomic mass is 16.7. The second-order valence-corrected chi connectivity index (χ2v) is 7.08. The molecule has 29 heavy (non-hydrogen) atoms. The largest absolute Gasteiger partial charge is 0.511 e. The van der Waals surface area contributed by atoms with E-state index in [1.807, 2.05) is 30.3 Å². The van der Waals surface area contributed by atoms with Crippen molar-refractivity contribution in [3.05, 3.63) is 59.7 Å². The number of carbonyl (C=O) groups is 1. The first-order valence-corrected chi connectivity index (χ1v) is 9.75. The second-order valence-electron chi connectivity index (χ2n) is 7.08. The van der Waals surface area contributed by atoms with Gasteiger partial charge in [0.05, 0.1) is 5.52 Å². The van der Waals surface area contributed by atoms with Crippen molar-refractivity contribution in [1.29, 1.82) is 0 Å². The molecule has 0 saturated heterocycles. The normalized spacial score (nSPS) is 13.6. The van der Waals surface area contributed by atoms with Gasteiger partial charge in [-0.15, -0.1) is 0 Å². The van der Waals surface area contributed by atoms with Crippen LogP contribution in [0.25, 0.3) is 10.9 Å². The summed E-state index contributed by atoms with van der Waals surface area (Å²) in [7, 11) is 0. The summed E-state index contributed by atoms with van der Waals surface area (Å²) in [6, 6.07) is 15.6. The van der Waals surface area contributed by atoms with Gasteiger partial charge >= 0.3 is 6.16 Å². The molecule has 3 aromatic rings. The third-order valence-electron chi connectivity index (χ3n) is 5.10. The molecule has 0 unspecified atom stereocenters. The van der Waals surface area contributed by atoms with E-state index in [1.165, 1.54) is 5.56 Å². The molecular weight excluding hydrogens is 368 g/mol. The number of aromatic nitrogens is 1. The third-order valence-corrected chi connectivity index (χ3v) is 5.10. The Kier molecular flexibility index (Phi) is 5.48. The number of aryl methyl sites for hydroxylation is 1. The fourth-order valence-electron chi connectivity index (χ4n) is 3.77. The summed E-state index contributed by atoms with van der Waals surface area (Å²) >= 11 is 0. The minimum Gasteiger partial charge on any atom is -0.449 e. The van der Waals surface area contributed by atoms with Gasteiger partial charge in [0.1, 0.15) is 11.6 Å². The maximum atomic E-state index is 10.9. The van der Waals surface area contributed by atoms with Gasteiger partial charge < -0.3 is 25.8 Å². The molecule has 0 aliphatic carbocycles. The molecule has 2 heterocycles. The number of fused-ring (bicyclic) bond motifs is 2. The summed E-state index contributed by atoms with van der Waals surface area (Å²) in [6.45, 7) is 2.75. The number of ether oxygens (including phenoxy) is 1. The molecule has 1 aromatic heterocycles. The fourth-order valence-corrected chi connectivity index (χ4v) is 3.77. The van der Waals surface area contributed by atoms with Crippen LogP contribution < -0.4 is 20.7 Å². The van der Waals surface area contributed by atoms with Crippen LogP contribution in [-0.2, 0) is 13.0 Å². The van der Waals surface area contributed by atoms with Gasteiger partial charge in [-0.3, -0.25) is 0 Å². The van der Waals surface area contributed by atoms with Crippen molar-refractivity contribution < 1.29 is 14.6 Å². The Hall–Kier alpha value is -3.32. The average molecular weight is 392 g/mol. The molecule has 0 amide bonds. The first-order chi connectivity index (χ1) is 14.1. The fraction of sp³-hybridized carbons (Fsp3) is 0.273. The van der Waals surface area contributed by atoms with Gasteiger partial charge in [0.2, 0.25) is 0 Å². The number of nitrogens with two attached hydrogens (primary N) is 1. The Morgan fingerprint density at radius 1 is 1.21 bits per heavy atom. The van der Waals surface area contributed by atoms with E-state index in [0.29, 0.717) is 25.4 Å². The predicted molar refractivity (Wildman–Crippen MR) is 114 cm³/mol. The highest BCUT2D eigenvalue weighted by Crippen LogP contribution is 2.30. The highest BCUT2D eigenvalue weighted by molar-refractivity contribution is 5.93. The van der Waals surface area contributed by atoms with Crippen LogP contribution in [-0.4, -0.2) is 35.9 Å². The van der Waals surface area contributed by atoms with E-state index in [9.17, 15) is 4.79 Å². The van der Waals surface area contributed by atoms with E-state index < -0.39 is 6.16 Å². The van der Waals surface area contributed by atoms with Crippen LogP contribution in [0.4, 0.5) is 16.3 Å². The van der Waals surface area contributed by atoms with Crippen molar-refractivity contribution in [1.82, 2.24) is 4.98 Å². The molecule has 1 aliphatic rings. The molecule has 0 spiro atoms. The molecule has 150 valence electrons. The van der Waals surface area contributed by atoms with Crippen LogP contribution >= 0.6 is 0 Å². The zero-order valence-corrected chi connectivity index (χ0v) is 16.1. The average Bonchev–Trinajstić information content (AvgIpc) is 2.93. The Labute approximate surface area is 169 Å². The van der Waals surface area contributed by atoms with Crippen LogP contribution in [0, 0.1) is 0 Å². The van der Waals surface area contributed by atoms with Crippen LogP contribution in [0.3, 0.4) is 0 Å². The standard InChI is InChI=1S/C22H24N4O3/c23-9-10-24-20-13-21(25-19-6-2-1-5-18(19)20)26-11-3-4-15-7-8-17(29-22(27)28)12-16(15)14-26/h1-2,5-8,12-13H,3-4,9-11,14,23H2,(H,24,25)(H,27,28). The second kappa shape index (κ2) is 8.36. The Balaban J connectivity index is 1.69. The predicted octanol–water partition coefficient (Wildman–Crippen LogP) is 3.62. The van der Waals surface area contributed by atoms with Crippen molar-refractivity contribution in [2.24, 2.45) is 5.73 Å². The summed E-state index contributed by atoms with van der Waals surface area (Å²) in [4.78, 5) is 18.0. The summed E-state index contributed by atoms with van der Waals surface area (Å²) in [5, 5.41) is 13.4. The molecular formula is C22H24N4O3. The van der Waals surface area contributed by atoms with Gasteiger partial charge in [0, 0.05) is 43.3 Å². The third kappa shape index (κ3) is 4.25. The lowest BCUT2D eigenvalue weighted by atomic mass is 10.0. The molecule has 7 heteroatoms. The highest BCUT2D eigenvalue weighted by Gasteiger charge is 2.18. The topological polar surface area (TPSA) is 101 Å². The molecule has 0 fully saturated rings. The minimum atomic E-state index is -1.30. The number of carboxylic acid groups (broad SMARTS) is 1. The molecule has 0 bridgehead atoms. The number of nitrogens with zero attached hydrogens (tertiary/aromatic N) is 2. The Morgan fingerprint density at radius 2 is 2.07 bits per heavy atom. The first-order valence-electron chi connectivity index (χ1n) is 9.75. The zero-order valence-electron chi connectivity index (χ0n) is 16.1. The zero-order chi connectivity index (χ0) is 20.2. The minimum absolute atomic E-state index is 0.342. The maximum Gasteiger partial charge on any atom is 0.511 e. The van der Waals surface area contributed by atoms with Gasteiger partial charge in [-0.1, -0.05) is 24.3 Å². The van der Waals surface area contributed by atoms with E-state index in [0.717, 1.165) is 47.4 Å². The lowest BCUT2D eigenvalue weighted by Gasteiger charge is -2.24. The molecule has 1 aliphatic heterocycles. The molecule has 2 aromatic carbocycles. The summed E-state index contributed by atoms with van der Waals surface area (Å²) < 4.78 is 4.84. The van der Waals surface area contributed by atoms with Gasteiger partial charge in [-0.25, -0.2) is 9.78 Å². The number of anilines is 2. The smallest absolute Gasteiger partial charge is 0.449 e. The van der Waals surface area contributed by atoms with Crippen molar-refractivity contribution in [2.75, 3.05) is 29.9 Å². The molecule has 4 N–H and O–H groups in total. The van der Waals surface area contributed by atoms with Gasteiger partial charge in [-0.2, -0.15) is 0 Å². The van der Waals surface area contributed by atoms with E-state index in [2.05, 4.69) is 22.3 Å². The molecule has 7 nitrogen and oxygen atoms in total. The summed E-state index contributed by atoms with van der Waals surface area (Å²) in [6.07, 6.45) is 0.624. The number of nitrogens with one attached hydrogen (secondary N) is 1. The monoisotopic (exact) mass is 392 g/mol. The van der Waals surface area contributed by atoms with Gasteiger partial charge in [0.25, 0.3) is 0 Å². The number of pyridine rings is 1. The van der Waals surface area contributed by atoms with E-state index >= 15 is 0 Å². The maximum absolute atomic E-state index is 10.9. The van der Waals surface area contributed by atoms with Crippen molar-refractivity contribution >= 4 is 28.6 Å². The SMILES string of the molecule is NCCNc1cc(N2CCCc3ccc(OC(=O)O)cc3C2)nc2ccccc12. The van der Waals surface area contributed by atoms with E-state index in [4.69, 9.17) is 20.6 Å².